The van der Waals surface area contributed by atoms with Gasteiger partial charge in [0.2, 0.25) is 5.91 Å². The second-order valence-electron chi connectivity index (χ2n) is 4.59. The van der Waals surface area contributed by atoms with Crippen molar-refractivity contribution in [3.05, 3.63) is 59.6 Å². The Balaban J connectivity index is 2.00. The molecule has 6 heteroatoms. The number of furan rings is 1. The Hall–Kier alpha value is -3.02. The summed E-state index contributed by atoms with van der Waals surface area (Å²) in [5.74, 6) is 0.256. The van der Waals surface area contributed by atoms with E-state index in [1.54, 1.807) is 36.4 Å². The summed E-state index contributed by atoms with van der Waals surface area (Å²) < 4.78 is 14.9. The maximum atomic E-state index is 11.8. The van der Waals surface area contributed by atoms with Crippen LogP contribution in [0.4, 0.5) is 0 Å². The number of esters is 1. The smallest absolute Gasteiger partial charge is 0.341 e. The number of amides is 1. The minimum Gasteiger partial charge on any atom is -0.496 e. The monoisotopic (exact) mass is 315 g/mol. The summed E-state index contributed by atoms with van der Waals surface area (Å²) in [5.41, 5.74) is 1.07. The van der Waals surface area contributed by atoms with Crippen LogP contribution in [0, 0.1) is 0 Å². The van der Waals surface area contributed by atoms with Gasteiger partial charge in [-0.2, -0.15) is 0 Å². The first-order valence-electron chi connectivity index (χ1n) is 6.88. The van der Waals surface area contributed by atoms with Gasteiger partial charge in [0.15, 0.2) is 0 Å². The number of benzene rings is 1. The molecule has 0 unspecified atom stereocenters. The minimum atomic E-state index is -0.493. The van der Waals surface area contributed by atoms with Gasteiger partial charge in [-0.1, -0.05) is 6.07 Å². The highest BCUT2D eigenvalue weighted by Gasteiger charge is 2.13. The lowest BCUT2D eigenvalue weighted by molar-refractivity contribution is -0.116. The average molecular weight is 315 g/mol. The second kappa shape index (κ2) is 7.84. The van der Waals surface area contributed by atoms with Crippen LogP contribution >= 0.6 is 0 Å². The fourth-order valence-corrected chi connectivity index (χ4v) is 1.93. The Kier molecular flexibility index (Phi) is 5.57. The summed E-state index contributed by atoms with van der Waals surface area (Å²) in [7, 11) is 2.78. The molecule has 2 rings (SSSR count). The van der Waals surface area contributed by atoms with Crippen molar-refractivity contribution >= 4 is 18.0 Å². The third-order valence-corrected chi connectivity index (χ3v) is 3.08. The fourth-order valence-electron chi connectivity index (χ4n) is 1.93. The predicted molar refractivity (Wildman–Crippen MR) is 83.9 cm³/mol. The molecular formula is C17H17NO5. The maximum Gasteiger partial charge on any atom is 0.341 e. The maximum absolute atomic E-state index is 11.8. The molecule has 1 aromatic heterocycles. The Bertz CT molecular complexity index is 704. The Morgan fingerprint density at radius 1 is 1.26 bits per heavy atom. The van der Waals surface area contributed by atoms with Crippen molar-refractivity contribution in [2.75, 3.05) is 14.2 Å². The van der Waals surface area contributed by atoms with Crippen molar-refractivity contribution in [1.29, 1.82) is 0 Å². The van der Waals surface area contributed by atoms with Crippen molar-refractivity contribution in [3.8, 4) is 5.75 Å². The molecule has 1 N–H and O–H groups in total. The summed E-state index contributed by atoms with van der Waals surface area (Å²) in [4.78, 5) is 23.5. The van der Waals surface area contributed by atoms with Crippen LogP contribution in [-0.2, 0) is 16.1 Å². The molecule has 1 heterocycles. The quantitative estimate of drug-likeness (QED) is 0.654. The molecule has 0 saturated carbocycles. The highest BCUT2D eigenvalue weighted by Crippen LogP contribution is 2.20. The van der Waals surface area contributed by atoms with E-state index in [2.05, 4.69) is 5.32 Å². The molecule has 1 aromatic carbocycles. The van der Waals surface area contributed by atoms with Crippen LogP contribution in [-0.4, -0.2) is 26.1 Å². The van der Waals surface area contributed by atoms with E-state index >= 15 is 0 Å². The molecule has 0 atom stereocenters. The Labute approximate surface area is 133 Å². The van der Waals surface area contributed by atoms with E-state index in [1.165, 1.54) is 26.6 Å². The van der Waals surface area contributed by atoms with Gasteiger partial charge >= 0.3 is 5.97 Å². The van der Waals surface area contributed by atoms with Gasteiger partial charge in [0, 0.05) is 12.6 Å². The van der Waals surface area contributed by atoms with E-state index in [-0.39, 0.29) is 12.5 Å². The van der Waals surface area contributed by atoms with Crippen molar-refractivity contribution in [3.63, 3.8) is 0 Å². The van der Waals surface area contributed by atoms with Gasteiger partial charge in [0.25, 0.3) is 0 Å². The van der Waals surface area contributed by atoms with Gasteiger partial charge in [-0.25, -0.2) is 4.79 Å². The third-order valence-electron chi connectivity index (χ3n) is 3.08. The van der Waals surface area contributed by atoms with Crippen LogP contribution in [0.1, 0.15) is 21.7 Å². The van der Waals surface area contributed by atoms with Crippen molar-refractivity contribution < 1.29 is 23.5 Å². The molecule has 0 bridgehead atoms. The molecule has 0 aliphatic carbocycles. The van der Waals surface area contributed by atoms with E-state index in [9.17, 15) is 9.59 Å². The largest absolute Gasteiger partial charge is 0.496 e. The lowest BCUT2D eigenvalue weighted by Crippen LogP contribution is -2.20. The highest BCUT2D eigenvalue weighted by molar-refractivity contribution is 5.93. The molecule has 0 spiro atoms. The molecule has 6 nitrogen and oxygen atoms in total. The van der Waals surface area contributed by atoms with E-state index in [4.69, 9.17) is 13.9 Å². The molecule has 120 valence electrons. The molecule has 0 radical (unpaired) electrons. The standard InChI is InChI=1S/C17H17NO5/c1-21-15-7-5-12(10-14(15)17(20)22-2)11-18-16(19)8-6-13-4-3-9-23-13/h3-10H,11H2,1-2H3,(H,18,19)/b8-6+. The number of rotatable bonds is 6. The Morgan fingerprint density at radius 2 is 2.09 bits per heavy atom. The number of nitrogens with one attached hydrogen (secondary N) is 1. The first kappa shape index (κ1) is 16.4. The number of carbonyl (C=O) groups excluding carboxylic acids is 2. The molecule has 0 fully saturated rings. The van der Waals surface area contributed by atoms with Gasteiger partial charge in [-0.05, 0) is 35.9 Å². The zero-order valence-electron chi connectivity index (χ0n) is 12.9. The van der Waals surface area contributed by atoms with Crippen LogP contribution in [0.2, 0.25) is 0 Å². The third kappa shape index (κ3) is 4.47. The van der Waals surface area contributed by atoms with Gasteiger partial charge in [-0.15, -0.1) is 0 Å². The predicted octanol–water partition coefficient (Wildman–Crippen LogP) is 2.40. The molecule has 0 saturated heterocycles. The molecule has 2 aromatic rings. The normalized spacial score (nSPS) is 10.5. The van der Waals surface area contributed by atoms with Crippen LogP contribution in [0.3, 0.4) is 0 Å². The Morgan fingerprint density at radius 3 is 2.74 bits per heavy atom. The van der Waals surface area contributed by atoms with Gasteiger partial charge in [-0.3, -0.25) is 4.79 Å². The number of methoxy groups -OCH3 is 2. The average Bonchev–Trinajstić information content (AvgIpc) is 3.10. The minimum absolute atomic E-state index is 0.267. The van der Waals surface area contributed by atoms with Crippen LogP contribution in [0.5, 0.6) is 5.75 Å². The number of ether oxygens (including phenoxy) is 2. The molecule has 0 aliphatic heterocycles. The zero-order valence-corrected chi connectivity index (χ0v) is 12.9. The van der Waals surface area contributed by atoms with Gasteiger partial charge in [0.1, 0.15) is 17.1 Å². The summed E-state index contributed by atoms with van der Waals surface area (Å²) >= 11 is 0. The second-order valence-corrected chi connectivity index (χ2v) is 4.59. The molecular weight excluding hydrogens is 298 g/mol. The SMILES string of the molecule is COC(=O)c1cc(CNC(=O)/C=C/c2ccco2)ccc1OC. The topological polar surface area (TPSA) is 77.8 Å². The van der Waals surface area contributed by atoms with Crippen LogP contribution in [0.25, 0.3) is 6.08 Å². The summed E-state index contributed by atoms with van der Waals surface area (Å²) in [6, 6.07) is 8.54. The zero-order chi connectivity index (χ0) is 16.7. The fraction of sp³-hybridized carbons (Fsp3) is 0.176. The molecule has 0 aliphatic rings. The van der Waals surface area contributed by atoms with Crippen molar-refractivity contribution in [2.24, 2.45) is 0 Å². The van der Waals surface area contributed by atoms with E-state index in [1.807, 2.05) is 0 Å². The lowest BCUT2D eigenvalue weighted by atomic mass is 10.1. The first-order valence-corrected chi connectivity index (χ1v) is 6.88. The van der Waals surface area contributed by atoms with E-state index in [0.29, 0.717) is 17.1 Å². The summed E-state index contributed by atoms with van der Waals surface area (Å²) in [6.45, 7) is 0.273. The van der Waals surface area contributed by atoms with E-state index < -0.39 is 5.97 Å². The van der Waals surface area contributed by atoms with Crippen LogP contribution in [0.15, 0.2) is 47.1 Å². The van der Waals surface area contributed by atoms with Gasteiger partial charge in [0.05, 0.1) is 20.5 Å². The summed E-state index contributed by atoms with van der Waals surface area (Å²) in [6.07, 6.45) is 4.48. The molecule has 1 amide bonds. The van der Waals surface area contributed by atoms with E-state index in [0.717, 1.165) is 5.56 Å². The van der Waals surface area contributed by atoms with Crippen molar-refractivity contribution in [2.45, 2.75) is 6.54 Å². The number of hydrogen-bond donors (Lipinski definition) is 1. The number of hydrogen-bond acceptors (Lipinski definition) is 5. The summed E-state index contributed by atoms with van der Waals surface area (Å²) in [5, 5.41) is 2.72. The lowest BCUT2D eigenvalue weighted by Gasteiger charge is -2.09. The van der Waals surface area contributed by atoms with Crippen LogP contribution < -0.4 is 10.1 Å². The first-order chi connectivity index (χ1) is 11.1. The number of carbonyl (C=O) groups is 2. The highest BCUT2D eigenvalue weighted by atomic mass is 16.5. The molecule has 23 heavy (non-hydrogen) atoms. The van der Waals surface area contributed by atoms with Gasteiger partial charge < -0.3 is 19.2 Å². The van der Waals surface area contributed by atoms with Crippen molar-refractivity contribution in [1.82, 2.24) is 5.32 Å².